The number of unbranched alkanes of at least 4 members (excludes halogenated alkanes) is 11. The highest BCUT2D eigenvalue weighted by atomic mass is 31.2. The molecule has 3 aromatic rings. The second-order valence-corrected chi connectivity index (χ2v) is 13.0. The zero-order valence-corrected chi connectivity index (χ0v) is 25.9. The number of rotatable bonds is 20. The van der Waals surface area contributed by atoms with Crippen molar-refractivity contribution < 1.29 is 27.9 Å². The van der Waals surface area contributed by atoms with E-state index >= 15 is 0 Å². The second kappa shape index (κ2) is 18.2. The monoisotopic (exact) mass is 600 g/mol. The Morgan fingerprint density at radius 3 is 1.76 bits per heavy atom. The lowest BCUT2D eigenvalue weighted by atomic mass is 9.98. The van der Waals surface area contributed by atoms with Crippen LogP contribution in [0.5, 0.6) is 5.75 Å². The topological polar surface area (TPSA) is 66.8 Å². The molecule has 0 spiro atoms. The van der Waals surface area contributed by atoms with Crippen LogP contribution in [-0.2, 0) is 11.0 Å². The van der Waals surface area contributed by atoms with Crippen molar-refractivity contribution in [3.8, 4) is 28.0 Å². The Balaban J connectivity index is 1.41. The molecule has 0 aromatic heterocycles. The Kier molecular flexibility index (Phi) is 14.7. The van der Waals surface area contributed by atoms with Gasteiger partial charge in [-0.2, -0.15) is 4.39 Å². The summed E-state index contributed by atoms with van der Waals surface area (Å²) in [7, 11) is -3.87. The molecule has 4 nitrogen and oxygen atoms in total. The molecule has 0 saturated heterocycles. The molecule has 0 heterocycles. The van der Waals surface area contributed by atoms with E-state index in [1.54, 1.807) is 6.07 Å². The third kappa shape index (κ3) is 12.0. The molecule has 0 saturated carbocycles. The molecule has 0 radical (unpaired) electrons. The number of aryl methyl sites for hydroxylation is 1. The van der Waals surface area contributed by atoms with E-state index in [2.05, 4.69) is 31.2 Å². The van der Waals surface area contributed by atoms with Gasteiger partial charge in [0.1, 0.15) is 0 Å². The third-order valence-electron chi connectivity index (χ3n) is 7.70. The van der Waals surface area contributed by atoms with Gasteiger partial charge in [0.25, 0.3) is 0 Å². The average Bonchev–Trinajstić information content (AvgIpc) is 2.98. The zero-order valence-electron chi connectivity index (χ0n) is 25.0. The van der Waals surface area contributed by atoms with Gasteiger partial charge in [-0.1, -0.05) is 120 Å². The molecule has 0 atom stereocenters. The van der Waals surface area contributed by atoms with Crippen molar-refractivity contribution in [1.82, 2.24) is 0 Å². The van der Waals surface area contributed by atoms with Gasteiger partial charge < -0.3 is 14.5 Å². The molecule has 0 amide bonds. The first kappa shape index (κ1) is 34.0. The van der Waals surface area contributed by atoms with E-state index in [1.165, 1.54) is 43.7 Å². The second-order valence-electron chi connectivity index (χ2n) is 11.2. The molecule has 7 heteroatoms. The lowest BCUT2D eigenvalue weighted by molar-refractivity contribution is 0.285. The van der Waals surface area contributed by atoms with Gasteiger partial charge in [0.2, 0.25) is 5.82 Å². The van der Waals surface area contributed by atoms with Crippen LogP contribution < -0.4 is 4.74 Å². The molecule has 0 aliphatic carbocycles. The molecule has 3 aromatic carbocycles. The number of ether oxygens (including phenoxy) is 1. The lowest BCUT2D eigenvalue weighted by Gasteiger charge is -2.11. The Hall–Kier alpha value is -2.53. The van der Waals surface area contributed by atoms with Crippen molar-refractivity contribution in [2.24, 2.45) is 0 Å². The maximum atomic E-state index is 15.0. The minimum atomic E-state index is -3.87. The highest BCUT2D eigenvalue weighted by Crippen LogP contribution is 2.35. The van der Waals surface area contributed by atoms with E-state index in [-0.39, 0.29) is 17.5 Å². The molecule has 2 N–H and O–H groups in total. The average molecular weight is 601 g/mol. The van der Waals surface area contributed by atoms with Gasteiger partial charge in [-0.3, -0.25) is 4.57 Å². The van der Waals surface area contributed by atoms with Gasteiger partial charge in [-0.05, 0) is 60.1 Å². The van der Waals surface area contributed by atoms with Crippen molar-refractivity contribution in [2.75, 3.05) is 12.8 Å². The van der Waals surface area contributed by atoms with Gasteiger partial charge >= 0.3 is 7.60 Å². The van der Waals surface area contributed by atoms with E-state index in [4.69, 9.17) is 14.5 Å². The standard InChI is InChI=1S/C35H47F2O4P/c1-2-3-4-9-12-15-28-16-18-29(19-17-28)30-20-22-31(23-21-30)32-24-25-33(35(37)34(32)36)41-26-13-10-7-5-6-8-11-14-27-42(38,39)40/h16-25H,2-15,26-27H2,1H3,(H2,38,39,40). The van der Waals surface area contributed by atoms with Crippen LogP contribution in [0.1, 0.15) is 96.0 Å². The van der Waals surface area contributed by atoms with Crippen molar-refractivity contribution in [3.05, 3.63) is 77.9 Å². The van der Waals surface area contributed by atoms with Crippen LogP contribution in [-0.4, -0.2) is 22.6 Å². The molecule has 0 aliphatic heterocycles. The van der Waals surface area contributed by atoms with Crippen LogP contribution >= 0.6 is 7.60 Å². The van der Waals surface area contributed by atoms with E-state index in [0.29, 0.717) is 18.6 Å². The summed E-state index contributed by atoms with van der Waals surface area (Å²) in [5, 5.41) is 0. The Labute approximate surface area is 250 Å². The fourth-order valence-electron chi connectivity index (χ4n) is 5.17. The van der Waals surface area contributed by atoms with Gasteiger partial charge in [0, 0.05) is 11.7 Å². The fraction of sp³-hybridized carbons (Fsp3) is 0.486. The summed E-state index contributed by atoms with van der Waals surface area (Å²) >= 11 is 0. The van der Waals surface area contributed by atoms with Crippen LogP contribution in [0.15, 0.2) is 60.7 Å². The van der Waals surface area contributed by atoms with E-state index in [1.807, 2.05) is 24.3 Å². The highest BCUT2D eigenvalue weighted by Gasteiger charge is 2.16. The van der Waals surface area contributed by atoms with E-state index < -0.39 is 19.2 Å². The first-order valence-electron chi connectivity index (χ1n) is 15.6. The maximum Gasteiger partial charge on any atom is 0.325 e. The first-order valence-corrected chi connectivity index (χ1v) is 17.4. The summed E-state index contributed by atoms with van der Waals surface area (Å²) in [4.78, 5) is 17.7. The molecular formula is C35H47F2O4P. The summed E-state index contributed by atoms with van der Waals surface area (Å²) < 4.78 is 46.1. The molecule has 230 valence electrons. The number of hydrogen-bond donors (Lipinski definition) is 2. The van der Waals surface area contributed by atoms with Crippen molar-refractivity contribution in [2.45, 2.75) is 96.8 Å². The molecule has 0 unspecified atom stereocenters. The Bertz CT molecular complexity index is 1240. The van der Waals surface area contributed by atoms with Gasteiger partial charge in [0.05, 0.1) is 6.61 Å². The molecular weight excluding hydrogens is 553 g/mol. The predicted molar refractivity (Wildman–Crippen MR) is 169 cm³/mol. The predicted octanol–water partition coefficient (Wildman–Crippen LogP) is 10.5. The SMILES string of the molecule is CCCCCCCc1ccc(-c2ccc(-c3ccc(OCCCCCCCCCCP(=O)(O)O)c(F)c3F)cc2)cc1. The van der Waals surface area contributed by atoms with Crippen LogP contribution in [0, 0.1) is 11.6 Å². The highest BCUT2D eigenvalue weighted by molar-refractivity contribution is 7.51. The van der Waals surface area contributed by atoms with Crippen LogP contribution in [0.4, 0.5) is 8.78 Å². The van der Waals surface area contributed by atoms with Gasteiger partial charge in [-0.25, -0.2) is 4.39 Å². The summed E-state index contributed by atoms with van der Waals surface area (Å²) in [5.74, 6) is -1.93. The third-order valence-corrected chi connectivity index (χ3v) is 8.60. The lowest BCUT2D eigenvalue weighted by Crippen LogP contribution is -2.01. The van der Waals surface area contributed by atoms with Crippen LogP contribution in [0.3, 0.4) is 0 Å². The summed E-state index contributed by atoms with van der Waals surface area (Å²) in [6.45, 7) is 2.55. The van der Waals surface area contributed by atoms with Crippen molar-refractivity contribution >= 4 is 7.60 Å². The Morgan fingerprint density at radius 1 is 0.619 bits per heavy atom. The van der Waals surface area contributed by atoms with Gasteiger partial charge in [0.15, 0.2) is 11.6 Å². The Morgan fingerprint density at radius 2 is 1.14 bits per heavy atom. The van der Waals surface area contributed by atoms with Crippen LogP contribution in [0.2, 0.25) is 0 Å². The van der Waals surface area contributed by atoms with Gasteiger partial charge in [-0.15, -0.1) is 0 Å². The number of hydrogen-bond acceptors (Lipinski definition) is 2. The minimum absolute atomic E-state index is 0.0386. The summed E-state index contributed by atoms with van der Waals surface area (Å²) in [6, 6.07) is 19.2. The summed E-state index contributed by atoms with van der Waals surface area (Å²) in [6.07, 6.45) is 14.5. The van der Waals surface area contributed by atoms with Crippen molar-refractivity contribution in [3.63, 3.8) is 0 Å². The molecule has 0 aliphatic rings. The smallest absolute Gasteiger partial charge is 0.325 e. The van der Waals surface area contributed by atoms with E-state index in [0.717, 1.165) is 62.5 Å². The quantitative estimate of drug-likeness (QED) is 0.100. The summed E-state index contributed by atoms with van der Waals surface area (Å²) in [5.41, 5.74) is 4.31. The molecule has 0 bridgehead atoms. The van der Waals surface area contributed by atoms with E-state index in [9.17, 15) is 13.3 Å². The normalized spacial score (nSPS) is 11.6. The molecule has 3 rings (SSSR count). The minimum Gasteiger partial charge on any atom is -0.490 e. The van der Waals surface area contributed by atoms with Crippen LogP contribution in [0.25, 0.3) is 22.3 Å². The number of benzene rings is 3. The zero-order chi connectivity index (χ0) is 30.2. The first-order chi connectivity index (χ1) is 20.3. The largest absolute Gasteiger partial charge is 0.490 e. The molecule has 42 heavy (non-hydrogen) atoms. The number of halogens is 2. The van der Waals surface area contributed by atoms with Crippen molar-refractivity contribution in [1.29, 1.82) is 0 Å². The molecule has 0 fully saturated rings. The maximum absolute atomic E-state index is 15.0. The fourth-order valence-corrected chi connectivity index (χ4v) is 5.80.